The lowest BCUT2D eigenvalue weighted by atomic mass is 9.91. The Morgan fingerprint density at radius 1 is 1.10 bits per heavy atom. The summed E-state index contributed by atoms with van der Waals surface area (Å²) in [6, 6.07) is 6.97. The third kappa shape index (κ3) is 2.98. The SMILES string of the molecule is Nc1ncnc2c1ccn2[C@@H]1O[C@H]([C@@H]2OC(O)Cc3cc(Cl)ccc32)[C@@H](O)[C@H]1O. The monoisotopic (exact) mass is 418 g/mol. The van der Waals surface area contributed by atoms with Gasteiger partial charge in [0.2, 0.25) is 0 Å². The predicted molar refractivity (Wildman–Crippen MR) is 103 cm³/mol. The van der Waals surface area contributed by atoms with Gasteiger partial charge >= 0.3 is 0 Å². The molecule has 3 aromatic rings. The van der Waals surface area contributed by atoms with Crippen LogP contribution in [0.2, 0.25) is 5.02 Å². The van der Waals surface area contributed by atoms with Crippen LogP contribution in [-0.2, 0) is 15.9 Å². The molecule has 1 saturated heterocycles. The summed E-state index contributed by atoms with van der Waals surface area (Å²) < 4.78 is 13.3. The third-order valence-electron chi connectivity index (χ3n) is 5.50. The Bertz CT molecular complexity index is 1080. The topological polar surface area (TPSA) is 136 Å². The van der Waals surface area contributed by atoms with E-state index in [1.807, 2.05) is 0 Å². The van der Waals surface area contributed by atoms with E-state index in [0.29, 0.717) is 21.9 Å². The van der Waals surface area contributed by atoms with Gasteiger partial charge in [0.25, 0.3) is 0 Å². The van der Waals surface area contributed by atoms with Gasteiger partial charge in [0.15, 0.2) is 12.5 Å². The van der Waals surface area contributed by atoms with E-state index in [-0.39, 0.29) is 6.42 Å². The van der Waals surface area contributed by atoms with Crippen LogP contribution >= 0.6 is 11.6 Å². The molecule has 29 heavy (non-hydrogen) atoms. The maximum absolute atomic E-state index is 10.7. The highest BCUT2D eigenvalue weighted by Gasteiger charge is 2.50. The number of aliphatic hydroxyl groups excluding tert-OH is 3. The summed E-state index contributed by atoms with van der Waals surface area (Å²) in [5.74, 6) is 0.308. The highest BCUT2D eigenvalue weighted by molar-refractivity contribution is 6.30. The lowest BCUT2D eigenvalue weighted by Crippen LogP contribution is -2.39. The first-order valence-corrected chi connectivity index (χ1v) is 9.52. The Kier molecular flexibility index (Phi) is 4.46. The molecule has 5 N–H and O–H groups in total. The van der Waals surface area contributed by atoms with E-state index < -0.39 is 36.9 Å². The second-order valence-corrected chi connectivity index (χ2v) is 7.69. The Hall–Kier alpha value is -2.27. The Labute approximate surface area is 170 Å². The van der Waals surface area contributed by atoms with E-state index in [9.17, 15) is 15.3 Å². The maximum atomic E-state index is 10.7. The number of nitrogens with zero attached hydrogens (tertiary/aromatic N) is 3. The second-order valence-electron chi connectivity index (χ2n) is 7.25. The molecule has 10 heteroatoms. The fourth-order valence-corrected chi connectivity index (χ4v) is 4.32. The van der Waals surface area contributed by atoms with Crippen molar-refractivity contribution in [3.05, 3.63) is 52.9 Å². The fraction of sp³-hybridized carbons (Fsp3) is 0.368. The second kappa shape index (κ2) is 6.91. The van der Waals surface area contributed by atoms with Gasteiger partial charge in [-0.25, -0.2) is 9.97 Å². The van der Waals surface area contributed by atoms with Crippen molar-refractivity contribution in [2.45, 2.75) is 43.4 Å². The molecule has 0 saturated carbocycles. The number of benzene rings is 1. The minimum absolute atomic E-state index is 0.277. The smallest absolute Gasteiger partial charge is 0.164 e. The average molecular weight is 419 g/mol. The minimum atomic E-state index is -1.25. The largest absolute Gasteiger partial charge is 0.387 e. The number of fused-ring (bicyclic) bond motifs is 2. The van der Waals surface area contributed by atoms with Gasteiger partial charge < -0.3 is 35.1 Å². The van der Waals surface area contributed by atoms with E-state index in [0.717, 1.165) is 11.1 Å². The van der Waals surface area contributed by atoms with Crippen LogP contribution < -0.4 is 5.73 Å². The number of anilines is 1. The molecule has 6 atom stereocenters. The molecule has 2 aromatic heterocycles. The van der Waals surface area contributed by atoms with E-state index in [2.05, 4.69) is 9.97 Å². The van der Waals surface area contributed by atoms with Gasteiger partial charge in [-0.15, -0.1) is 0 Å². The molecule has 152 valence electrons. The molecule has 0 amide bonds. The van der Waals surface area contributed by atoms with E-state index >= 15 is 0 Å². The molecule has 1 unspecified atom stereocenters. The van der Waals surface area contributed by atoms with Gasteiger partial charge in [-0.2, -0.15) is 0 Å². The number of ether oxygens (including phenoxy) is 2. The Morgan fingerprint density at radius 2 is 1.93 bits per heavy atom. The van der Waals surface area contributed by atoms with Gasteiger partial charge in [0, 0.05) is 17.6 Å². The van der Waals surface area contributed by atoms with Crippen molar-refractivity contribution < 1.29 is 24.8 Å². The standard InChI is InChI=1S/C19H19ClN4O5/c20-9-1-2-10-8(5-9)6-12(25)28-15(10)16-13(26)14(27)19(29-16)24-4-3-11-17(21)22-7-23-18(11)24/h1-5,7,12-16,19,25-27H,6H2,(H2,21,22,23)/t12?,13-,14+,15+,16-,19+/m0/s1. The van der Waals surface area contributed by atoms with Crippen molar-refractivity contribution in [2.24, 2.45) is 0 Å². The zero-order valence-electron chi connectivity index (χ0n) is 15.1. The zero-order chi connectivity index (χ0) is 20.3. The Balaban J connectivity index is 1.51. The number of aliphatic hydroxyl groups is 3. The van der Waals surface area contributed by atoms with Gasteiger partial charge in [0.05, 0.1) is 5.39 Å². The molecular weight excluding hydrogens is 400 g/mol. The quantitative estimate of drug-likeness (QED) is 0.482. The highest BCUT2D eigenvalue weighted by Crippen LogP contribution is 2.42. The average Bonchev–Trinajstić information content (AvgIpc) is 3.23. The Morgan fingerprint density at radius 3 is 2.76 bits per heavy atom. The zero-order valence-corrected chi connectivity index (χ0v) is 15.8. The first-order valence-electron chi connectivity index (χ1n) is 9.14. The lowest BCUT2D eigenvalue weighted by molar-refractivity contribution is -0.195. The van der Waals surface area contributed by atoms with Crippen molar-refractivity contribution in [3.8, 4) is 0 Å². The molecule has 0 spiro atoms. The van der Waals surface area contributed by atoms with Crippen LogP contribution in [0.15, 0.2) is 36.8 Å². The molecule has 1 fully saturated rings. The summed E-state index contributed by atoms with van der Waals surface area (Å²) >= 11 is 6.07. The van der Waals surface area contributed by atoms with Crippen LogP contribution in [0.5, 0.6) is 0 Å². The van der Waals surface area contributed by atoms with Gasteiger partial charge in [-0.1, -0.05) is 17.7 Å². The number of nitrogens with two attached hydrogens (primary N) is 1. The van der Waals surface area contributed by atoms with Crippen LogP contribution in [0.25, 0.3) is 11.0 Å². The van der Waals surface area contributed by atoms with E-state index in [1.165, 1.54) is 6.33 Å². The van der Waals surface area contributed by atoms with Crippen LogP contribution in [-0.4, -0.2) is 54.5 Å². The molecule has 0 bridgehead atoms. The number of hydrogen-bond acceptors (Lipinski definition) is 8. The van der Waals surface area contributed by atoms with Crippen molar-refractivity contribution in [2.75, 3.05) is 5.73 Å². The van der Waals surface area contributed by atoms with Gasteiger partial charge in [-0.05, 0) is 29.3 Å². The lowest BCUT2D eigenvalue weighted by Gasteiger charge is -2.34. The molecular formula is C19H19ClN4O5. The van der Waals surface area contributed by atoms with E-state index in [4.69, 9.17) is 26.8 Å². The molecule has 2 aliphatic rings. The summed E-state index contributed by atoms with van der Waals surface area (Å²) in [5.41, 5.74) is 7.91. The van der Waals surface area contributed by atoms with Crippen LogP contribution in [0, 0.1) is 0 Å². The number of nitrogen functional groups attached to an aromatic ring is 1. The van der Waals surface area contributed by atoms with Crippen molar-refractivity contribution in [1.29, 1.82) is 0 Å². The van der Waals surface area contributed by atoms with Crippen molar-refractivity contribution >= 4 is 28.5 Å². The third-order valence-corrected chi connectivity index (χ3v) is 5.73. The fourth-order valence-electron chi connectivity index (χ4n) is 4.12. The highest BCUT2D eigenvalue weighted by atomic mass is 35.5. The van der Waals surface area contributed by atoms with Gasteiger partial charge in [0.1, 0.15) is 42.2 Å². The summed E-state index contributed by atoms with van der Waals surface area (Å²) in [6.07, 6.45) is -2.91. The summed E-state index contributed by atoms with van der Waals surface area (Å²) in [5, 5.41) is 32.8. The van der Waals surface area contributed by atoms with Gasteiger partial charge in [-0.3, -0.25) is 0 Å². The normalized spacial score (nSPS) is 31.9. The van der Waals surface area contributed by atoms with Crippen molar-refractivity contribution in [1.82, 2.24) is 14.5 Å². The molecule has 2 aliphatic heterocycles. The minimum Gasteiger partial charge on any atom is -0.387 e. The number of aromatic nitrogens is 3. The molecule has 0 radical (unpaired) electrons. The first kappa shape index (κ1) is 18.7. The van der Waals surface area contributed by atoms with Crippen LogP contribution in [0.1, 0.15) is 23.5 Å². The number of halogens is 1. The molecule has 1 aromatic carbocycles. The molecule has 5 rings (SSSR count). The number of rotatable bonds is 2. The summed E-state index contributed by atoms with van der Waals surface area (Å²) in [4.78, 5) is 8.17. The first-order chi connectivity index (χ1) is 13.9. The summed E-state index contributed by atoms with van der Waals surface area (Å²) in [7, 11) is 0. The number of hydrogen-bond donors (Lipinski definition) is 4. The maximum Gasteiger partial charge on any atom is 0.164 e. The molecule has 4 heterocycles. The summed E-state index contributed by atoms with van der Waals surface area (Å²) in [6.45, 7) is 0. The van der Waals surface area contributed by atoms with Crippen LogP contribution in [0.3, 0.4) is 0 Å². The molecule has 9 nitrogen and oxygen atoms in total. The predicted octanol–water partition coefficient (Wildman–Crippen LogP) is 0.918. The molecule has 0 aliphatic carbocycles. The van der Waals surface area contributed by atoms with Crippen molar-refractivity contribution in [3.63, 3.8) is 0 Å². The van der Waals surface area contributed by atoms with E-state index in [1.54, 1.807) is 35.0 Å². The van der Waals surface area contributed by atoms with Crippen LogP contribution in [0.4, 0.5) is 5.82 Å².